The van der Waals surface area contributed by atoms with Gasteiger partial charge in [-0.1, -0.05) is 37.1 Å². The molecule has 2 heterocycles. The first-order chi connectivity index (χ1) is 13.1. The molecule has 1 unspecified atom stereocenters. The summed E-state index contributed by atoms with van der Waals surface area (Å²) < 4.78 is 26.2. The van der Waals surface area contributed by atoms with E-state index >= 15 is 0 Å². The number of anilines is 1. The van der Waals surface area contributed by atoms with Gasteiger partial charge >= 0.3 is 0 Å². The topological polar surface area (TPSA) is 47.6 Å². The van der Waals surface area contributed by atoms with Crippen LogP contribution in [0.15, 0.2) is 42.5 Å². The highest BCUT2D eigenvalue weighted by Crippen LogP contribution is 2.46. The van der Waals surface area contributed by atoms with Crippen LogP contribution in [0.1, 0.15) is 42.4 Å². The lowest BCUT2D eigenvalue weighted by Gasteiger charge is -2.37. The van der Waals surface area contributed by atoms with E-state index in [1.54, 1.807) is 12.1 Å². The van der Waals surface area contributed by atoms with E-state index in [2.05, 4.69) is 5.32 Å². The lowest BCUT2D eigenvalue weighted by molar-refractivity contribution is -0.281. The number of rotatable bonds is 4. The van der Waals surface area contributed by atoms with E-state index in [1.807, 2.05) is 24.3 Å². The smallest absolute Gasteiger partial charge is 0.289 e. The van der Waals surface area contributed by atoms with Crippen molar-refractivity contribution < 1.29 is 18.7 Å². The average molecular weight is 367 g/mol. The fourth-order valence-electron chi connectivity index (χ4n) is 4.08. The van der Waals surface area contributed by atoms with E-state index in [0.29, 0.717) is 29.8 Å². The van der Waals surface area contributed by atoms with Crippen molar-refractivity contribution in [2.24, 2.45) is 5.92 Å². The van der Waals surface area contributed by atoms with Crippen LogP contribution < -0.4 is 5.32 Å². The predicted molar refractivity (Wildman–Crippen MR) is 98.7 cm³/mol. The molecule has 2 fully saturated rings. The molecular weight excluding hydrogens is 345 g/mol. The number of amides is 1. The normalized spacial score (nSPS) is 26.9. The van der Waals surface area contributed by atoms with Gasteiger partial charge in [0.25, 0.3) is 11.7 Å². The van der Waals surface area contributed by atoms with Crippen LogP contribution in [0.4, 0.5) is 10.1 Å². The maximum atomic E-state index is 14.0. The van der Waals surface area contributed by atoms with Gasteiger partial charge in [0.05, 0.1) is 18.4 Å². The lowest BCUT2D eigenvalue weighted by Crippen LogP contribution is -2.47. The van der Waals surface area contributed by atoms with Gasteiger partial charge in [-0.25, -0.2) is 4.39 Å². The summed E-state index contributed by atoms with van der Waals surface area (Å²) in [7, 11) is 0. The molecule has 0 bridgehead atoms. The minimum Gasteiger partial charge on any atom is -0.338 e. The summed E-state index contributed by atoms with van der Waals surface area (Å²) >= 11 is 0. The van der Waals surface area contributed by atoms with Crippen molar-refractivity contribution in [3.05, 3.63) is 65.0 Å². The number of hydrogen-bond donors (Lipinski definition) is 1. The molecule has 0 radical (unpaired) electrons. The van der Waals surface area contributed by atoms with Gasteiger partial charge in [0.2, 0.25) is 0 Å². The van der Waals surface area contributed by atoms with Crippen LogP contribution in [0.25, 0.3) is 0 Å². The summed E-state index contributed by atoms with van der Waals surface area (Å²) in [5, 5.41) is 2.89. The number of carbonyl (C=O) groups is 1. The minimum absolute atomic E-state index is 0.0400. The van der Waals surface area contributed by atoms with Crippen LogP contribution in [0.2, 0.25) is 0 Å². The fourth-order valence-corrected chi connectivity index (χ4v) is 4.08. The van der Waals surface area contributed by atoms with Crippen LogP contribution in [-0.4, -0.2) is 18.6 Å². The summed E-state index contributed by atoms with van der Waals surface area (Å²) in [5.41, 5.74) is 2.97. The summed E-state index contributed by atoms with van der Waals surface area (Å²) in [6, 6.07) is 12.4. The van der Waals surface area contributed by atoms with Crippen molar-refractivity contribution in [2.45, 2.75) is 44.0 Å². The fraction of sp³-hybridized carbons (Fsp3) is 0.409. The second-order valence-electron chi connectivity index (χ2n) is 7.77. The summed E-state index contributed by atoms with van der Waals surface area (Å²) in [4.78, 5) is 12.8. The van der Waals surface area contributed by atoms with Gasteiger partial charge in [0.15, 0.2) is 0 Å². The molecule has 2 aliphatic heterocycles. The molecule has 5 heteroatoms. The second-order valence-corrected chi connectivity index (χ2v) is 7.77. The third-order valence-corrected chi connectivity index (χ3v) is 5.71. The molecule has 27 heavy (non-hydrogen) atoms. The zero-order valence-corrected chi connectivity index (χ0v) is 15.0. The zero-order chi connectivity index (χ0) is 18.4. The number of carbonyl (C=O) groups excluding carboxylic acids is 1. The first-order valence-electron chi connectivity index (χ1n) is 9.64. The van der Waals surface area contributed by atoms with E-state index < -0.39 is 5.79 Å². The standard InChI is InChI=1S/C22H22FNO3/c23-19-4-2-1-3-16(19)11-15-7-8-20-18(13-15)22(21(25)24-20)26-10-9-17(27-22)12-14-5-6-14/h1-4,7-8,13-14,17H,5-6,9-12H2,(H,24,25)/t17?,22-/m1/s1. The summed E-state index contributed by atoms with van der Waals surface area (Å²) in [6.45, 7) is 0.502. The SMILES string of the molecule is O=C1Nc2ccc(Cc3ccccc3F)cc2[C@]12OCCC(CC1CC1)O2. The van der Waals surface area contributed by atoms with Crippen LogP contribution in [0.3, 0.4) is 0 Å². The summed E-state index contributed by atoms with van der Waals surface area (Å²) in [5.74, 6) is -1.13. The van der Waals surface area contributed by atoms with E-state index in [-0.39, 0.29) is 17.8 Å². The van der Waals surface area contributed by atoms with Gasteiger partial charge in [0, 0.05) is 12.0 Å². The third-order valence-electron chi connectivity index (χ3n) is 5.71. The Morgan fingerprint density at radius 3 is 2.81 bits per heavy atom. The second kappa shape index (κ2) is 6.43. The zero-order valence-electron chi connectivity index (χ0n) is 15.0. The Hall–Kier alpha value is -2.24. The van der Waals surface area contributed by atoms with Gasteiger partial charge in [-0.15, -0.1) is 0 Å². The number of nitrogens with one attached hydrogen (secondary N) is 1. The summed E-state index contributed by atoms with van der Waals surface area (Å²) in [6.07, 6.45) is 4.80. The van der Waals surface area contributed by atoms with E-state index in [9.17, 15) is 9.18 Å². The number of halogens is 1. The number of fused-ring (bicyclic) bond motifs is 2. The first-order valence-corrected chi connectivity index (χ1v) is 9.64. The van der Waals surface area contributed by atoms with Gasteiger partial charge in [-0.2, -0.15) is 0 Å². The highest BCUT2D eigenvalue weighted by Gasteiger charge is 2.53. The Balaban J connectivity index is 1.46. The van der Waals surface area contributed by atoms with Crippen molar-refractivity contribution in [2.75, 3.05) is 11.9 Å². The van der Waals surface area contributed by atoms with Gasteiger partial charge in [-0.3, -0.25) is 4.79 Å². The molecule has 1 aliphatic carbocycles. The van der Waals surface area contributed by atoms with Crippen LogP contribution in [0, 0.1) is 11.7 Å². The van der Waals surface area contributed by atoms with Gasteiger partial charge < -0.3 is 14.8 Å². The molecule has 1 saturated carbocycles. The molecule has 1 amide bonds. The van der Waals surface area contributed by atoms with Crippen molar-refractivity contribution >= 4 is 11.6 Å². The largest absolute Gasteiger partial charge is 0.338 e. The predicted octanol–water partition coefficient (Wildman–Crippen LogP) is 4.13. The van der Waals surface area contributed by atoms with Crippen molar-refractivity contribution in [3.8, 4) is 0 Å². The Bertz CT molecular complexity index is 895. The molecule has 1 spiro atoms. The first kappa shape index (κ1) is 16.9. The highest BCUT2D eigenvalue weighted by atomic mass is 19.1. The third kappa shape index (κ3) is 3.05. The molecule has 2 aromatic carbocycles. The molecular formula is C22H22FNO3. The van der Waals surface area contributed by atoms with E-state index in [4.69, 9.17) is 9.47 Å². The van der Waals surface area contributed by atoms with Gasteiger partial charge in [0.1, 0.15) is 5.82 Å². The Morgan fingerprint density at radius 1 is 1.15 bits per heavy atom. The maximum Gasteiger partial charge on any atom is 0.289 e. The van der Waals surface area contributed by atoms with E-state index in [1.165, 1.54) is 18.9 Å². The number of ether oxygens (including phenoxy) is 2. The Labute approximate surface area is 157 Å². The number of hydrogen-bond acceptors (Lipinski definition) is 3. The molecule has 1 saturated heterocycles. The van der Waals surface area contributed by atoms with Crippen LogP contribution >= 0.6 is 0 Å². The van der Waals surface area contributed by atoms with E-state index in [0.717, 1.165) is 24.3 Å². The van der Waals surface area contributed by atoms with Crippen molar-refractivity contribution in [1.29, 1.82) is 0 Å². The Kier molecular flexibility index (Phi) is 4.02. The van der Waals surface area contributed by atoms with Crippen LogP contribution in [0.5, 0.6) is 0 Å². The average Bonchev–Trinajstić information content (AvgIpc) is 3.44. The monoisotopic (exact) mass is 367 g/mol. The highest BCUT2D eigenvalue weighted by molar-refractivity contribution is 6.04. The van der Waals surface area contributed by atoms with Crippen LogP contribution in [-0.2, 0) is 26.5 Å². The molecule has 3 aliphatic rings. The molecule has 2 aromatic rings. The maximum absolute atomic E-state index is 14.0. The Morgan fingerprint density at radius 2 is 2.00 bits per heavy atom. The molecule has 4 nitrogen and oxygen atoms in total. The van der Waals surface area contributed by atoms with Crippen molar-refractivity contribution in [3.63, 3.8) is 0 Å². The molecule has 1 N–H and O–H groups in total. The van der Waals surface area contributed by atoms with Gasteiger partial charge in [-0.05, 0) is 48.1 Å². The quantitative estimate of drug-likeness (QED) is 0.884. The molecule has 2 atom stereocenters. The minimum atomic E-state index is -1.36. The molecule has 0 aromatic heterocycles. The number of benzene rings is 2. The lowest BCUT2D eigenvalue weighted by atomic mass is 9.97. The molecule has 5 rings (SSSR count). The van der Waals surface area contributed by atoms with Crippen molar-refractivity contribution in [1.82, 2.24) is 0 Å². The molecule has 140 valence electrons.